The van der Waals surface area contributed by atoms with E-state index < -0.39 is 17.8 Å². The Bertz CT molecular complexity index is 453. The zero-order chi connectivity index (χ0) is 14.3. The first kappa shape index (κ1) is 15.0. The first-order valence-electron chi connectivity index (χ1n) is 5.55. The molecule has 0 aliphatic rings. The summed E-state index contributed by atoms with van der Waals surface area (Å²) in [7, 11) is 2.71. The van der Waals surface area contributed by atoms with Crippen LogP contribution < -0.4 is 0 Å². The average Bonchev–Trinajstić information content (AvgIpc) is 2.42. The SMILES string of the molecule is COCCN(CC(=O)OC)C(=O)c1ccnc(F)c1. The van der Waals surface area contributed by atoms with E-state index in [1.165, 1.54) is 31.4 Å². The molecule has 0 saturated carbocycles. The predicted octanol–water partition coefficient (Wildman–Crippen LogP) is 0.482. The van der Waals surface area contributed by atoms with Crippen LogP contribution in [0.2, 0.25) is 0 Å². The molecule has 0 aliphatic carbocycles. The van der Waals surface area contributed by atoms with Crippen molar-refractivity contribution in [2.75, 3.05) is 33.9 Å². The van der Waals surface area contributed by atoms with Gasteiger partial charge in [-0.15, -0.1) is 0 Å². The van der Waals surface area contributed by atoms with Gasteiger partial charge in [-0.3, -0.25) is 9.59 Å². The van der Waals surface area contributed by atoms with E-state index in [-0.39, 0.29) is 25.3 Å². The smallest absolute Gasteiger partial charge is 0.325 e. The molecule has 0 saturated heterocycles. The highest BCUT2D eigenvalue weighted by molar-refractivity contribution is 5.95. The summed E-state index contributed by atoms with van der Waals surface area (Å²) < 4.78 is 22.3. The fraction of sp³-hybridized carbons (Fsp3) is 0.417. The summed E-state index contributed by atoms with van der Waals surface area (Å²) in [6.07, 6.45) is 1.19. The van der Waals surface area contributed by atoms with Gasteiger partial charge in [-0.25, -0.2) is 4.98 Å². The lowest BCUT2D eigenvalue weighted by Crippen LogP contribution is -2.38. The zero-order valence-electron chi connectivity index (χ0n) is 10.8. The van der Waals surface area contributed by atoms with Crippen LogP contribution in [0.15, 0.2) is 18.3 Å². The fourth-order valence-electron chi connectivity index (χ4n) is 1.39. The molecule has 0 fully saturated rings. The molecule has 19 heavy (non-hydrogen) atoms. The summed E-state index contributed by atoms with van der Waals surface area (Å²) >= 11 is 0. The Labute approximate surface area is 110 Å². The normalized spacial score (nSPS) is 10.1. The van der Waals surface area contributed by atoms with E-state index in [2.05, 4.69) is 9.72 Å². The first-order valence-corrected chi connectivity index (χ1v) is 5.55. The molecule has 1 amide bonds. The second kappa shape index (κ2) is 7.42. The number of esters is 1. The third-order valence-electron chi connectivity index (χ3n) is 2.37. The summed E-state index contributed by atoms with van der Waals surface area (Å²) in [5, 5.41) is 0. The third kappa shape index (κ3) is 4.63. The molecule has 0 N–H and O–H groups in total. The Morgan fingerprint density at radius 2 is 2.16 bits per heavy atom. The number of amides is 1. The molecule has 0 unspecified atom stereocenters. The van der Waals surface area contributed by atoms with Gasteiger partial charge in [0.25, 0.3) is 5.91 Å². The van der Waals surface area contributed by atoms with Gasteiger partial charge < -0.3 is 14.4 Å². The van der Waals surface area contributed by atoms with Crippen molar-refractivity contribution in [2.24, 2.45) is 0 Å². The molecule has 0 aliphatic heterocycles. The Hall–Kier alpha value is -2.02. The van der Waals surface area contributed by atoms with Crippen LogP contribution in [-0.2, 0) is 14.3 Å². The lowest BCUT2D eigenvalue weighted by Gasteiger charge is -2.21. The predicted molar refractivity (Wildman–Crippen MR) is 64.0 cm³/mol. The van der Waals surface area contributed by atoms with Crippen molar-refractivity contribution in [3.05, 3.63) is 29.8 Å². The van der Waals surface area contributed by atoms with Crippen molar-refractivity contribution in [1.29, 1.82) is 0 Å². The molecular weight excluding hydrogens is 255 g/mol. The van der Waals surface area contributed by atoms with Crippen LogP contribution in [0.4, 0.5) is 4.39 Å². The molecule has 0 bridgehead atoms. The highest BCUT2D eigenvalue weighted by atomic mass is 19.1. The molecule has 1 rings (SSSR count). The number of pyridine rings is 1. The van der Waals surface area contributed by atoms with Crippen LogP contribution in [0.1, 0.15) is 10.4 Å². The highest BCUT2D eigenvalue weighted by Crippen LogP contribution is 2.06. The van der Waals surface area contributed by atoms with E-state index >= 15 is 0 Å². The lowest BCUT2D eigenvalue weighted by atomic mass is 10.2. The monoisotopic (exact) mass is 270 g/mol. The number of methoxy groups -OCH3 is 2. The van der Waals surface area contributed by atoms with Crippen LogP contribution in [0.3, 0.4) is 0 Å². The number of aromatic nitrogens is 1. The molecule has 0 aromatic carbocycles. The van der Waals surface area contributed by atoms with Crippen LogP contribution >= 0.6 is 0 Å². The number of carbonyl (C=O) groups is 2. The van der Waals surface area contributed by atoms with E-state index in [0.717, 1.165) is 6.07 Å². The van der Waals surface area contributed by atoms with Crippen molar-refractivity contribution < 1.29 is 23.5 Å². The molecular formula is C12H15FN2O4. The molecule has 1 aromatic heterocycles. The van der Waals surface area contributed by atoms with Gasteiger partial charge in [0.2, 0.25) is 5.95 Å². The van der Waals surface area contributed by atoms with Crippen LogP contribution in [-0.4, -0.2) is 55.7 Å². The summed E-state index contributed by atoms with van der Waals surface area (Å²) in [6, 6.07) is 2.39. The second-order valence-electron chi connectivity index (χ2n) is 3.66. The fourth-order valence-corrected chi connectivity index (χ4v) is 1.39. The van der Waals surface area contributed by atoms with Crippen molar-refractivity contribution in [1.82, 2.24) is 9.88 Å². The number of hydrogen-bond donors (Lipinski definition) is 0. The molecule has 1 heterocycles. The van der Waals surface area contributed by atoms with Gasteiger partial charge >= 0.3 is 5.97 Å². The lowest BCUT2D eigenvalue weighted by molar-refractivity contribution is -0.141. The van der Waals surface area contributed by atoms with E-state index in [9.17, 15) is 14.0 Å². The van der Waals surface area contributed by atoms with Crippen LogP contribution in [0, 0.1) is 5.95 Å². The number of carbonyl (C=O) groups excluding carboxylic acids is 2. The average molecular weight is 270 g/mol. The summed E-state index contributed by atoms with van der Waals surface area (Å²) in [5.41, 5.74) is 0.118. The molecule has 7 heteroatoms. The maximum atomic E-state index is 13.0. The summed E-state index contributed by atoms with van der Waals surface area (Å²) in [5.74, 6) is -1.79. The minimum atomic E-state index is -0.754. The zero-order valence-corrected chi connectivity index (χ0v) is 10.8. The number of halogens is 1. The Morgan fingerprint density at radius 3 is 2.74 bits per heavy atom. The molecule has 104 valence electrons. The number of nitrogens with zero attached hydrogens (tertiary/aromatic N) is 2. The third-order valence-corrected chi connectivity index (χ3v) is 2.37. The van der Waals surface area contributed by atoms with Gasteiger partial charge in [-0.1, -0.05) is 0 Å². The van der Waals surface area contributed by atoms with Gasteiger partial charge in [0.05, 0.1) is 13.7 Å². The molecule has 0 spiro atoms. The summed E-state index contributed by atoms with van der Waals surface area (Å²) in [6.45, 7) is 0.243. The van der Waals surface area contributed by atoms with E-state index in [1.54, 1.807) is 0 Å². The van der Waals surface area contributed by atoms with Gasteiger partial charge in [-0.2, -0.15) is 4.39 Å². The first-order chi connectivity index (χ1) is 9.08. The molecule has 0 atom stereocenters. The van der Waals surface area contributed by atoms with Crippen molar-refractivity contribution in [3.63, 3.8) is 0 Å². The van der Waals surface area contributed by atoms with Gasteiger partial charge in [0.1, 0.15) is 6.54 Å². The van der Waals surface area contributed by atoms with E-state index in [4.69, 9.17) is 4.74 Å². The number of rotatable bonds is 6. The van der Waals surface area contributed by atoms with Crippen LogP contribution in [0.5, 0.6) is 0 Å². The van der Waals surface area contributed by atoms with Gasteiger partial charge in [0.15, 0.2) is 0 Å². The van der Waals surface area contributed by atoms with Crippen molar-refractivity contribution in [2.45, 2.75) is 0 Å². The van der Waals surface area contributed by atoms with Gasteiger partial charge in [0, 0.05) is 31.5 Å². The van der Waals surface area contributed by atoms with E-state index in [0.29, 0.717) is 0 Å². The van der Waals surface area contributed by atoms with Crippen molar-refractivity contribution in [3.8, 4) is 0 Å². The molecule has 0 radical (unpaired) electrons. The minimum absolute atomic E-state index is 0.118. The number of hydrogen-bond acceptors (Lipinski definition) is 5. The topological polar surface area (TPSA) is 68.7 Å². The minimum Gasteiger partial charge on any atom is -0.468 e. The largest absolute Gasteiger partial charge is 0.468 e. The highest BCUT2D eigenvalue weighted by Gasteiger charge is 2.19. The Balaban J connectivity index is 2.83. The standard InChI is InChI=1S/C12H15FN2O4/c1-18-6-5-15(8-11(16)19-2)12(17)9-3-4-14-10(13)7-9/h3-4,7H,5-6,8H2,1-2H3. The second-order valence-corrected chi connectivity index (χ2v) is 3.66. The number of ether oxygens (including phenoxy) is 2. The van der Waals surface area contributed by atoms with Crippen molar-refractivity contribution >= 4 is 11.9 Å². The van der Waals surface area contributed by atoms with Crippen LogP contribution in [0.25, 0.3) is 0 Å². The Morgan fingerprint density at radius 1 is 1.42 bits per heavy atom. The maximum absolute atomic E-state index is 13.0. The maximum Gasteiger partial charge on any atom is 0.325 e. The molecule has 1 aromatic rings. The molecule has 6 nitrogen and oxygen atoms in total. The van der Waals surface area contributed by atoms with E-state index in [1.807, 2.05) is 0 Å². The van der Waals surface area contributed by atoms with Gasteiger partial charge in [-0.05, 0) is 6.07 Å². The quantitative estimate of drug-likeness (QED) is 0.555. The Kier molecular flexibility index (Phi) is 5.87. The summed E-state index contributed by atoms with van der Waals surface area (Å²) in [4.78, 5) is 28.0.